The topological polar surface area (TPSA) is 47.6 Å². The summed E-state index contributed by atoms with van der Waals surface area (Å²) in [7, 11) is -1.48. The summed E-state index contributed by atoms with van der Waals surface area (Å²) in [6, 6.07) is 0. The van der Waals surface area contributed by atoms with Crippen molar-refractivity contribution in [2.45, 2.75) is 90.1 Å². The molecule has 118 valence electrons. The summed E-state index contributed by atoms with van der Waals surface area (Å²) >= 11 is 0. The monoisotopic (exact) mass is 303 g/mol. The van der Waals surface area contributed by atoms with Gasteiger partial charge in [0.15, 0.2) is 0 Å². The smallest absolute Gasteiger partial charge is 0.402 e. The van der Waals surface area contributed by atoms with Crippen molar-refractivity contribution in [1.29, 1.82) is 0 Å². The fourth-order valence-electron chi connectivity index (χ4n) is 1.93. The zero-order valence-electron chi connectivity index (χ0n) is 14.2. The van der Waals surface area contributed by atoms with Crippen LogP contribution in [-0.4, -0.2) is 33.2 Å². The number of nitrogens with one attached hydrogen (secondary N) is 1. The van der Waals surface area contributed by atoms with E-state index in [9.17, 15) is 4.21 Å². The van der Waals surface area contributed by atoms with E-state index in [2.05, 4.69) is 11.6 Å². The van der Waals surface area contributed by atoms with Crippen LogP contribution >= 0.6 is 0 Å². The van der Waals surface area contributed by atoms with E-state index in [1.807, 2.05) is 48.5 Å². The van der Waals surface area contributed by atoms with Crippen molar-refractivity contribution in [2.24, 2.45) is 0 Å². The first-order chi connectivity index (χ1) is 8.90. The van der Waals surface area contributed by atoms with Crippen molar-refractivity contribution in [3.63, 3.8) is 0 Å². The lowest BCUT2D eigenvalue weighted by molar-refractivity contribution is 0.00578. The van der Waals surface area contributed by atoms with Gasteiger partial charge in [-0.2, -0.15) is 0 Å². The molecule has 1 aliphatic heterocycles. The van der Waals surface area contributed by atoms with Gasteiger partial charge in [0.2, 0.25) is 0 Å². The third-order valence-corrected chi connectivity index (χ3v) is 5.64. The highest BCUT2D eigenvalue weighted by molar-refractivity contribution is 7.84. The van der Waals surface area contributed by atoms with E-state index in [0.29, 0.717) is 0 Å². The zero-order valence-corrected chi connectivity index (χ0v) is 15.0. The molecule has 0 aromatic carbocycles. The van der Waals surface area contributed by atoms with Crippen LogP contribution in [0.15, 0.2) is 0 Å². The normalized spacial score (nSPS) is 24.7. The highest BCUT2D eigenvalue weighted by Crippen LogP contribution is 2.38. The molecule has 0 amide bonds. The fourth-order valence-corrected chi connectivity index (χ4v) is 2.79. The molecule has 1 saturated heterocycles. The Hall–Kier alpha value is 0.0949. The molecule has 0 spiro atoms. The quantitative estimate of drug-likeness (QED) is 0.795. The van der Waals surface area contributed by atoms with Gasteiger partial charge in [0.25, 0.3) is 0 Å². The van der Waals surface area contributed by atoms with E-state index in [0.717, 1.165) is 12.8 Å². The largest absolute Gasteiger partial charge is 0.477 e. The van der Waals surface area contributed by atoms with Gasteiger partial charge < -0.3 is 9.31 Å². The first kappa shape index (κ1) is 18.1. The van der Waals surface area contributed by atoms with E-state index in [1.165, 1.54) is 0 Å². The van der Waals surface area contributed by atoms with Crippen LogP contribution in [0.25, 0.3) is 0 Å². The van der Waals surface area contributed by atoms with E-state index in [-0.39, 0.29) is 29.0 Å². The predicted octanol–water partition coefficient (Wildman–Crippen LogP) is 2.84. The molecular formula is C14H30BNO3S. The molecule has 1 rings (SSSR count). The van der Waals surface area contributed by atoms with Crippen molar-refractivity contribution in [3.05, 3.63) is 0 Å². The first-order valence-corrected chi connectivity index (χ1v) is 8.59. The molecule has 0 aromatic heterocycles. The average molecular weight is 303 g/mol. The molecular weight excluding hydrogens is 273 g/mol. The number of hydrogen-bond donors (Lipinski definition) is 1. The second-order valence-electron chi connectivity index (χ2n) is 7.52. The van der Waals surface area contributed by atoms with Gasteiger partial charge in [-0.3, -0.25) is 0 Å². The van der Waals surface area contributed by atoms with Crippen LogP contribution in [0.4, 0.5) is 0 Å². The van der Waals surface area contributed by atoms with E-state index in [4.69, 9.17) is 9.31 Å². The number of rotatable bonds is 5. The Morgan fingerprint density at radius 2 is 1.60 bits per heavy atom. The maximum absolute atomic E-state index is 12.3. The van der Waals surface area contributed by atoms with E-state index >= 15 is 0 Å². The summed E-state index contributed by atoms with van der Waals surface area (Å²) in [5.41, 5.74) is -0.705. The van der Waals surface area contributed by atoms with Gasteiger partial charge in [-0.05, 0) is 54.9 Å². The van der Waals surface area contributed by atoms with Crippen LogP contribution in [-0.2, 0) is 20.3 Å². The summed E-state index contributed by atoms with van der Waals surface area (Å²) in [6.07, 6.45) is 1.86. The molecule has 2 atom stereocenters. The Kier molecular flexibility index (Phi) is 5.51. The van der Waals surface area contributed by atoms with Gasteiger partial charge in [0.1, 0.15) is 0 Å². The van der Waals surface area contributed by atoms with Crippen LogP contribution in [0.2, 0.25) is 0 Å². The molecule has 1 heterocycles. The minimum absolute atomic E-state index is 0.0545. The second-order valence-corrected chi connectivity index (χ2v) is 9.52. The Labute approximate surface area is 127 Å². The van der Waals surface area contributed by atoms with Crippen molar-refractivity contribution in [1.82, 2.24) is 4.72 Å². The van der Waals surface area contributed by atoms with Crippen molar-refractivity contribution in [3.8, 4) is 0 Å². The maximum Gasteiger partial charge on any atom is 0.477 e. The molecule has 1 N–H and O–H groups in total. The predicted molar refractivity (Wildman–Crippen MR) is 85.8 cm³/mol. The van der Waals surface area contributed by atoms with E-state index < -0.39 is 11.0 Å². The highest BCUT2D eigenvalue weighted by Gasteiger charge is 2.54. The van der Waals surface area contributed by atoms with Gasteiger partial charge in [0.05, 0.1) is 32.9 Å². The third kappa shape index (κ3) is 4.06. The fraction of sp³-hybridized carbons (Fsp3) is 1.00. The molecule has 0 unspecified atom stereocenters. The van der Waals surface area contributed by atoms with Crippen molar-refractivity contribution >= 4 is 18.1 Å². The minimum atomic E-state index is -1.12. The Balaban J connectivity index is 2.81. The summed E-state index contributed by atoms with van der Waals surface area (Å²) in [6.45, 7) is 16.1. The van der Waals surface area contributed by atoms with Gasteiger partial charge in [0, 0.05) is 0 Å². The SMILES string of the molecule is CCC[C@H](N[S@](=O)C(C)(C)C)B1OC(C)(C)C(C)(C)O1. The highest BCUT2D eigenvalue weighted by atomic mass is 32.2. The lowest BCUT2D eigenvalue weighted by Crippen LogP contribution is -2.49. The summed E-state index contributed by atoms with van der Waals surface area (Å²) in [4.78, 5) is 0. The molecule has 6 heteroatoms. The summed E-state index contributed by atoms with van der Waals surface area (Å²) in [5, 5.41) is 0. The van der Waals surface area contributed by atoms with Crippen LogP contribution in [0.3, 0.4) is 0 Å². The Morgan fingerprint density at radius 3 is 1.95 bits per heavy atom. The molecule has 0 radical (unpaired) electrons. The molecule has 0 aliphatic carbocycles. The van der Waals surface area contributed by atoms with Crippen LogP contribution < -0.4 is 4.72 Å². The van der Waals surface area contributed by atoms with Crippen LogP contribution in [0.1, 0.15) is 68.2 Å². The molecule has 1 fully saturated rings. The standard InChI is InChI=1S/C14H30BNO3S/c1-9-10-11(16-20(17)12(2,3)4)15-18-13(5,6)14(7,8)19-15/h11,16H,9-10H2,1-8H3/t11-,20+/m0/s1. The zero-order chi connectivity index (χ0) is 15.8. The van der Waals surface area contributed by atoms with Gasteiger partial charge in [-0.25, -0.2) is 8.93 Å². The average Bonchev–Trinajstić information content (AvgIpc) is 2.46. The number of hydrogen-bond acceptors (Lipinski definition) is 3. The molecule has 4 nitrogen and oxygen atoms in total. The Morgan fingerprint density at radius 1 is 1.15 bits per heavy atom. The first-order valence-electron chi connectivity index (χ1n) is 7.44. The molecule has 0 bridgehead atoms. The second kappa shape index (κ2) is 6.07. The lowest BCUT2D eigenvalue weighted by atomic mass is 9.76. The lowest BCUT2D eigenvalue weighted by Gasteiger charge is -2.32. The summed E-state index contributed by atoms with van der Waals surface area (Å²) in [5.74, 6) is -0.0545. The molecule has 0 saturated carbocycles. The van der Waals surface area contributed by atoms with Gasteiger partial charge in [-0.1, -0.05) is 13.3 Å². The molecule has 1 aliphatic rings. The Bertz CT molecular complexity index is 350. The minimum Gasteiger partial charge on any atom is -0.402 e. The van der Waals surface area contributed by atoms with Crippen LogP contribution in [0, 0.1) is 0 Å². The molecule has 0 aromatic rings. The van der Waals surface area contributed by atoms with Crippen molar-refractivity contribution < 1.29 is 13.5 Å². The van der Waals surface area contributed by atoms with Crippen molar-refractivity contribution in [2.75, 3.05) is 0 Å². The summed E-state index contributed by atoms with van der Waals surface area (Å²) < 4.78 is 27.4. The van der Waals surface area contributed by atoms with Crippen LogP contribution in [0.5, 0.6) is 0 Å². The maximum atomic E-state index is 12.3. The van der Waals surface area contributed by atoms with Gasteiger partial charge in [-0.15, -0.1) is 0 Å². The van der Waals surface area contributed by atoms with Gasteiger partial charge >= 0.3 is 7.12 Å². The molecule has 20 heavy (non-hydrogen) atoms. The third-order valence-electron chi connectivity index (χ3n) is 4.01. The van der Waals surface area contributed by atoms with E-state index in [1.54, 1.807) is 0 Å².